The Balaban J connectivity index is 1.93. The minimum Gasteiger partial charge on any atom is -0.503 e. The molecular formula is C18H12Br2FNO4S. The minimum absolute atomic E-state index is 0.0887. The van der Waals surface area contributed by atoms with Crippen LogP contribution in [0.25, 0.3) is 6.08 Å². The molecular weight excluding hydrogens is 505 g/mol. The predicted molar refractivity (Wildman–Crippen MR) is 108 cm³/mol. The number of thioether (sulfide) groups is 1. The normalized spacial score (nSPS) is 15.7. The van der Waals surface area contributed by atoms with Crippen molar-refractivity contribution in [3.05, 3.63) is 61.1 Å². The number of rotatable bonds is 4. The van der Waals surface area contributed by atoms with E-state index >= 15 is 0 Å². The Bertz CT molecular complexity index is 980. The number of hydrogen-bond acceptors (Lipinski definition) is 5. The van der Waals surface area contributed by atoms with Crippen molar-refractivity contribution < 1.29 is 23.8 Å². The number of nitrogens with zero attached hydrogens (tertiary/aromatic N) is 1. The number of ether oxygens (including phenoxy) is 1. The Labute approximate surface area is 175 Å². The van der Waals surface area contributed by atoms with Gasteiger partial charge in [0.2, 0.25) is 0 Å². The highest BCUT2D eigenvalue weighted by atomic mass is 79.9. The zero-order valence-corrected chi connectivity index (χ0v) is 17.8. The van der Waals surface area contributed by atoms with Crippen molar-refractivity contribution in [2.24, 2.45) is 0 Å². The Hall–Kier alpha value is -1.84. The molecule has 0 bridgehead atoms. The molecule has 9 heteroatoms. The topological polar surface area (TPSA) is 66.8 Å². The van der Waals surface area contributed by atoms with Gasteiger partial charge in [-0.25, -0.2) is 4.39 Å². The van der Waals surface area contributed by atoms with Gasteiger partial charge in [-0.1, -0.05) is 18.2 Å². The van der Waals surface area contributed by atoms with E-state index in [0.717, 1.165) is 16.7 Å². The van der Waals surface area contributed by atoms with Crippen LogP contribution in [0.4, 0.5) is 9.18 Å². The van der Waals surface area contributed by atoms with Gasteiger partial charge in [-0.2, -0.15) is 0 Å². The quantitative estimate of drug-likeness (QED) is 0.558. The van der Waals surface area contributed by atoms with Crippen LogP contribution in [0.1, 0.15) is 11.1 Å². The molecule has 27 heavy (non-hydrogen) atoms. The van der Waals surface area contributed by atoms with Crippen LogP contribution in [-0.2, 0) is 11.3 Å². The summed E-state index contributed by atoms with van der Waals surface area (Å²) in [5.41, 5.74) is 0.796. The monoisotopic (exact) mass is 515 g/mol. The standard InChI is InChI=1S/C18H12Br2FNO4S/c1-26-12-6-10(14(19)15(20)16(12)23)7-13-17(24)22(18(25)27-13)8-9-4-2-3-5-11(9)21/h2-7,23H,8H2,1H3/b13-7-. The Kier molecular flexibility index (Phi) is 5.92. The lowest BCUT2D eigenvalue weighted by Crippen LogP contribution is -2.27. The van der Waals surface area contributed by atoms with Crippen LogP contribution >= 0.6 is 43.6 Å². The van der Waals surface area contributed by atoms with Crippen molar-refractivity contribution in [1.29, 1.82) is 0 Å². The molecule has 1 fully saturated rings. The SMILES string of the molecule is COc1cc(/C=C2\SC(=O)N(Cc3ccccc3F)C2=O)c(Br)c(Br)c1O. The summed E-state index contributed by atoms with van der Waals surface area (Å²) in [4.78, 5) is 26.1. The molecule has 2 aromatic rings. The smallest absolute Gasteiger partial charge is 0.293 e. The number of carbonyl (C=O) groups excluding carboxylic acids is 2. The molecule has 1 heterocycles. The number of halogens is 3. The molecule has 0 atom stereocenters. The van der Waals surface area contributed by atoms with E-state index in [-0.39, 0.29) is 28.5 Å². The van der Waals surface area contributed by atoms with Crippen LogP contribution in [0, 0.1) is 5.82 Å². The molecule has 1 aliphatic heterocycles. The van der Waals surface area contributed by atoms with Gasteiger partial charge in [0.15, 0.2) is 11.5 Å². The second-order valence-corrected chi connectivity index (χ2v) is 8.08. The molecule has 0 radical (unpaired) electrons. The molecule has 0 aromatic heterocycles. The molecule has 0 unspecified atom stereocenters. The molecule has 140 valence electrons. The number of aromatic hydroxyl groups is 1. The summed E-state index contributed by atoms with van der Waals surface area (Å²) in [7, 11) is 1.40. The maximum absolute atomic E-state index is 13.8. The van der Waals surface area contributed by atoms with Crippen molar-refractivity contribution in [3.63, 3.8) is 0 Å². The van der Waals surface area contributed by atoms with Gasteiger partial charge in [0.1, 0.15) is 5.82 Å². The number of phenols is 1. The number of carbonyl (C=O) groups is 2. The number of hydrogen-bond donors (Lipinski definition) is 1. The lowest BCUT2D eigenvalue weighted by molar-refractivity contribution is -0.123. The van der Waals surface area contributed by atoms with Gasteiger partial charge in [-0.15, -0.1) is 0 Å². The highest BCUT2D eigenvalue weighted by Crippen LogP contribution is 2.43. The summed E-state index contributed by atoms with van der Waals surface area (Å²) >= 11 is 7.36. The zero-order valence-electron chi connectivity index (χ0n) is 13.8. The van der Waals surface area contributed by atoms with Crippen molar-refractivity contribution >= 4 is 60.8 Å². The Morgan fingerprint density at radius 3 is 2.63 bits per heavy atom. The fourth-order valence-corrected chi connectivity index (χ4v) is 4.12. The van der Waals surface area contributed by atoms with E-state index < -0.39 is 17.0 Å². The summed E-state index contributed by atoms with van der Waals surface area (Å²) in [6.07, 6.45) is 1.52. The van der Waals surface area contributed by atoms with Gasteiger partial charge in [-0.3, -0.25) is 14.5 Å². The maximum Gasteiger partial charge on any atom is 0.293 e. The van der Waals surface area contributed by atoms with E-state index in [0.29, 0.717) is 14.5 Å². The van der Waals surface area contributed by atoms with Gasteiger partial charge in [0.05, 0.1) is 23.0 Å². The Morgan fingerprint density at radius 2 is 1.96 bits per heavy atom. The molecule has 3 rings (SSSR count). The average molecular weight is 517 g/mol. The maximum atomic E-state index is 13.8. The first-order chi connectivity index (χ1) is 12.8. The minimum atomic E-state index is -0.511. The van der Waals surface area contributed by atoms with Gasteiger partial charge in [-0.05, 0) is 67.4 Å². The summed E-state index contributed by atoms with van der Waals surface area (Å²) in [5, 5.41) is 9.52. The number of imide groups is 1. The van der Waals surface area contributed by atoms with Crippen LogP contribution in [0.15, 0.2) is 44.2 Å². The van der Waals surface area contributed by atoms with E-state index in [1.54, 1.807) is 12.1 Å². The van der Waals surface area contributed by atoms with E-state index in [1.165, 1.54) is 31.4 Å². The van der Waals surface area contributed by atoms with Gasteiger partial charge in [0, 0.05) is 10.0 Å². The third-order valence-electron chi connectivity index (χ3n) is 3.84. The van der Waals surface area contributed by atoms with Crippen molar-refractivity contribution in [2.45, 2.75) is 6.54 Å². The molecule has 0 spiro atoms. The highest BCUT2D eigenvalue weighted by molar-refractivity contribution is 9.13. The fourth-order valence-electron chi connectivity index (χ4n) is 2.45. The van der Waals surface area contributed by atoms with E-state index in [9.17, 15) is 19.1 Å². The summed E-state index contributed by atoms with van der Waals surface area (Å²) in [6, 6.07) is 7.53. The van der Waals surface area contributed by atoms with Crippen LogP contribution < -0.4 is 4.74 Å². The van der Waals surface area contributed by atoms with Crippen LogP contribution in [0.2, 0.25) is 0 Å². The molecule has 0 aliphatic carbocycles. The molecule has 2 aromatic carbocycles. The predicted octanol–water partition coefficient (Wildman–Crippen LogP) is 5.30. The lowest BCUT2D eigenvalue weighted by Gasteiger charge is -2.13. The summed E-state index contributed by atoms with van der Waals surface area (Å²) in [6.45, 7) is -0.140. The van der Waals surface area contributed by atoms with Crippen molar-refractivity contribution in [1.82, 2.24) is 4.90 Å². The number of amides is 2. The number of phenolic OH excluding ortho intramolecular Hbond substituents is 1. The molecule has 0 saturated carbocycles. The van der Waals surface area contributed by atoms with Crippen molar-refractivity contribution in [3.8, 4) is 11.5 Å². The second-order valence-electron chi connectivity index (χ2n) is 5.50. The fraction of sp³-hybridized carbons (Fsp3) is 0.111. The summed E-state index contributed by atoms with van der Waals surface area (Å²) < 4.78 is 19.8. The van der Waals surface area contributed by atoms with Gasteiger partial charge in [0.25, 0.3) is 11.1 Å². The second kappa shape index (κ2) is 8.04. The van der Waals surface area contributed by atoms with Crippen LogP contribution in [0.5, 0.6) is 11.5 Å². The molecule has 1 saturated heterocycles. The number of benzene rings is 2. The molecule has 1 aliphatic rings. The van der Waals surface area contributed by atoms with Crippen molar-refractivity contribution in [2.75, 3.05) is 7.11 Å². The number of methoxy groups -OCH3 is 1. The third-order valence-corrected chi connectivity index (χ3v) is 6.91. The van der Waals surface area contributed by atoms with Crippen LogP contribution in [0.3, 0.4) is 0 Å². The van der Waals surface area contributed by atoms with Gasteiger partial charge >= 0.3 is 0 Å². The lowest BCUT2D eigenvalue weighted by atomic mass is 10.1. The van der Waals surface area contributed by atoms with E-state index in [4.69, 9.17) is 4.74 Å². The van der Waals surface area contributed by atoms with Crippen LogP contribution in [-0.4, -0.2) is 28.3 Å². The molecule has 1 N–H and O–H groups in total. The van der Waals surface area contributed by atoms with E-state index in [1.807, 2.05) is 0 Å². The highest BCUT2D eigenvalue weighted by Gasteiger charge is 2.35. The largest absolute Gasteiger partial charge is 0.503 e. The Morgan fingerprint density at radius 1 is 1.26 bits per heavy atom. The van der Waals surface area contributed by atoms with E-state index in [2.05, 4.69) is 31.9 Å². The summed E-state index contributed by atoms with van der Waals surface area (Å²) in [5.74, 6) is -0.866. The first-order valence-corrected chi connectivity index (χ1v) is 9.97. The molecule has 2 amide bonds. The van der Waals surface area contributed by atoms with Gasteiger partial charge < -0.3 is 9.84 Å². The molecule has 5 nitrogen and oxygen atoms in total. The first kappa shape index (κ1) is 19.9. The third kappa shape index (κ3) is 3.90. The first-order valence-electron chi connectivity index (χ1n) is 7.57. The average Bonchev–Trinajstić information content (AvgIpc) is 2.91. The zero-order chi connectivity index (χ0) is 19.7.